The molecule has 1 aromatic carbocycles. The smallest absolute Gasteiger partial charge is 0.310 e. The maximum absolute atomic E-state index is 12.6. The van der Waals surface area contributed by atoms with E-state index in [4.69, 9.17) is 9.47 Å². The largest absolute Gasteiger partial charge is 0.496 e. The fourth-order valence-corrected chi connectivity index (χ4v) is 3.64. The number of carbonyl (C=O) groups is 3. The minimum atomic E-state index is -0.278. The van der Waals surface area contributed by atoms with Crippen LogP contribution in [0.2, 0.25) is 0 Å². The fraction of sp³-hybridized carbons (Fsp3) is 0.455. The number of para-hydroxylation sites is 1. The average Bonchev–Trinajstić information content (AvgIpc) is 3.20. The van der Waals surface area contributed by atoms with Crippen LogP contribution in [-0.2, 0) is 32.1 Å². The highest BCUT2D eigenvalue weighted by molar-refractivity contribution is 5.92. The third-order valence-electron chi connectivity index (χ3n) is 5.15. The summed E-state index contributed by atoms with van der Waals surface area (Å²) in [6.45, 7) is 3.12. The van der Waals surface area contributed by atoms with Crippen LogP contribution in [0.3, 0.4) is 0 Å². The summed E-state index contributed by atoms with van der Waals surface area (Å²) in [6, 6.07) is 7.34. The van der Waals surface area contributed by atoms with Gasteiger partial charge in [0.2, 0.25) is 11.8 Å². The van der Waals surface area contributed by atoms with Crippen LogP contribution < -0.4 is 10.1 Å². The second-order valence-corrected chi connectivity index (χ2v) is 7.39. The molecule has 1 fully saturated rings. The summed E-state index contributed by atoms with van der Waals surface area (Å²) in [5.41, 5.74) is 1.29. The van der Waals surface area contributed by atoms with Crippen LogP contribution in [0.15, 0.2) is 36.7 Å². The fourth-order valence-electron chi connectivity index (χ4n) is 3.64. The van der Waals surface area contributed by atoms with E-state index in [1.165, 1.54) is 10.9 Å². The summed E-state index contributed by atoms with van der Waals surface area (Å²) in [7, 11) is 1.56. The predicted octanol–water partition coefficient (Wildman–Crippen LogP) is 1.87. The highest BCUT2D eigenvalue weighted by Crippen LogP contribution is 2.20. The van der Waals surface area contributed by atoms with Gasteiger partial charge in [0, 0.05) is 24.8 Å². The Morgan fingerprint density at radius 1 is 1.26 bits per heavy atom. The number of amides is 2. The van der Waals surface area contributed by atoms with Crippen LogP contribution in [0.25, 0.3) is 0 Å². The van der Waals surface area contributed by atoms with Crippen molar-refractivity contribution in [3.8, 4) is 5.75 Å². The average molecular weight is 428 g/mol. The molecule has 9 heteroatoms. The molecule has 1 aliphatic heterocycles. The van der Waals surface area contributed by atoms with Crippen molar-refractivity contribution in [3.63, 3.8) is 0 Å². The first-order chi connectivity index (χ1) is 15.0. The molecule has 2 amide bonds. The van der Waals surface area contributed by atoms with Crippen LogP contribution >= 0.6 is 0 Å². The Hall–Kier alpha value is -3.36. The number of aromatic nitrogens is 2. The molecule has 2 heterocycles. The van der Waals surface area contributed by atoms with Gasteiger partial charge in [0.1, 0.15) is 12.3 Å². The SMILES string of the molecule is CCOC(=O)C1CCCN(C(=O)Cn2cc(NC(=O)Cc3ccccc3OC)cn2)C1. The number of nitrogens with one attached hydrogen (secondary N) is 1. The summed E-state index contributed by atoms with van der Waals surface area (Å²) >= 11 is 0. The van der Waals surface area contributed by atoms with E-state index in [1.54, 1.807) is 31.2 Å². The Morgan fingerprint density at radius 2 is 2.06 bits per heavy atom. The monoisotopic (exact) mass is 428 g/mol. The first kappa shape index (κ1) is 22.3. The third kappa shape index (κ3) is 6.07. The van der Waals surface area contributed by atoms with E-state index in [2.05, 4.69) is 10.4 Å². The van der Waals surface area contributed by atoms with Crippen molar-refractivity contribution in [2.45, 2.75) is 32.7 Å². The van der Waals surface area contributed by atoms with Gasteiger partial charge in [-0.25, -0.2) is 0 Å². The van der Waals surface area contributed by atoms with E-state index in [9.17, 15) is 14.4 Å². The van der Waals surface area contributed by atoms with Crippen molar-refractivity contribution in [3.05, 3.63) is 42.2 Å². The number of nitrogens with zero attached hydrogens (tertiary/aromatic N) is 3. The van der Waals surface area contributed by atoms with Crippen LogP contribution in [0.5, 0.6) is 5.75 Å². The van der Waals surface area contributed by atoms with Gasteiger partial charge in [-0.05, 0) is 25.8 Å². The Kier molecular flexibility index (Phi) is 7.64. The molecular weight excluding hydrogens is 400 g/mol. The standard InChI is InChI=1S/C22H28N4O5/c1-3-31-22(29)17-8-6-10-25(13-17)21(28)15-26-14-18(12-23-26)24-20(27)11-16-7-4-5-9-19(16)30-2/h4-5,7,9,12,14,17H,3,6,8,10-11,13,15H2,1-2H3,(H,24,27). The summed E-state index contributed by atoms with van der Waals surface area (Å²) in [4.78, 5) is 38.7. The molecule has 0 saturated carbocycles. The lowest BCUT2D eigenvalue weighted by Gasteiger charge is -2.31. The van der Waals surface area contributed by atoms with Gasteiger partial charge in [-0.15, -0.1) is 0 Å². The normalized spacial score (nSPS) is 15.9. The molecule has 0 spiro atoms. The van der Waals surface area contributed by atoms with Crippen molar-refractivity contribution < 1.29 is 23.9 Å². The topological polar surface area (TPSA) is 103 Å². The molecule has 1 aliphatic rings. The Bertz CT molecular complexity index is 926. The molecule has 1 saturated heterocycles. The summed E-state index contributed by atoms with van der Waals surface area (Å²) in [6.07, 6.45) is 4.78. The number of hydrogen-bond donors (Lipinski definition) is 1. The minimum Gasteiger partial charge on any atom is -0.496 e. The van der Waals surface area contributed by atoms with Gasteiger partial charge in [0.25, 0.3) is 0 Å². The molecule has 31 heavy (non-hydrogen) atoms. The van der Waals surface area contributed by atoms with Crippen LogP contribution in [0.1, 0.15) is 25.3 Å². The number of esters is 1. The number of piperidine rings is 1. The van der Waals surface area contributed by atoms with E-state index in [0.717, 1.165) is 18.4 Å². The van der Waals surface area contributed by atoms with Gasteiger partial charge in [-0.3, -0.25) is 19.1 Å². The Labute approximate surface area is 181 Å². The van der Waals surface area contributed by atoms with E-state index < -0.39 is 0 Å². The van der Waals surface area contributed by atoms with Gasteiger partial charge in [-0.2, -0.15) is 5.10 Å². The van der Waals surface area contributed by atoms with Gasteiger partial charge in [0.05, 0.1) is 37.9 Å². The number of benzene rings is 1. The number of carbonyl (C=O) groups excluding carboxylic acids is 3. The molecule has 3 rings (SSSR count). The highest BCUT2D eigenvalue weighted by atomic mass is 16.5. The van der Waals surface area contributed by atoms with Crippen molar-refractivity contribution in [1.82, 2.24) is 14.7 Å². The lowest BCUT2D eigenvalue weighted by Crippen LogP contribution is -2.44. The maximum atomic E-state index is 12.6. The minimum absolute atomic E-state index is 0.0396. The highest BCUT2D eigenvalue weighted by Gasteiger charge is 2.29. The van der Waals surface area contributed by atoms with Crippen LogP contribution in [0, 0.1) is 5.92 Å². The Balaban J connectivity index is 1.53. The molecule has 9 nitrogen and oxygen atoms in total. The molecule has 0 aliphatic carbocycles. The number of methoxy groups -OCH3 is 1. The third-order valence-corrected chi connectivity index (χ3v) is 5.15. The number of anilines is 1. The van der Waals surface area contributed by atoms with Crippen LogP contribution in [0.4, 0.5) is 5.69 Å². The molecule has 0 bridgehead atoms. The second kappa shape index (κ2) is 10.6. The zero-order valence-electron chi connectivity index (χ0n) is 17.9. The molecule has 1 unspecified atom stereocenters. The molecule has 0 radical (unpaired) electrons. The summed E-state index contributed by atoms with van der Waals surface area (Å²) in [5, 5.41) is 6.95. The molecule has 1 N–H and O–H groups in total. The van der Waals surface area contributed by atoms with Gasteiger partial charge >= 0.3 is 5.97 Å². The van der Waals surface area contributed by atoms with Crippen molar-refractivity contribution in [2.75, 3.05) is 32.1 Å². The molecule has 2 aromatic rings. The number of rotatable bonds is 8. The summed E-state index contributed by atoms with van der Waals surface area (Å²) in [5.74, 6) is -0.200. The molecular formula is C22H28N4O5. The number of hydrogen-bond acceptors (Lipinski definition) is 6. The zero-order chi connectivity index (χ0) is 22.2. The molecule has 1 atom stereocenters. The zero-order valence-corrected chi connectivity index (χ0v) is 17.9. The second-order valence-electron chi connectivity index (χ2n) is 7.39. The van der Waals surface area contributed by atoms with Crippen molar-refractivity contribution in [2.24, 2.45) is 5.92 Å². The van der Waals surface area contributed by atoms with Crippen LogP contribution in [-0.4, -0.2) is 59.3 Å². The quantitative estimate of drug-likeness (QED) is 0.644. The van der Waals surface area contributed by atoms with Gasteiger partial charge in [0.15, 0.2) is 0 Å². The van der Waals surface area contributed by atoms with E-state index in [0.29, 0.717) is 31.1 Å². The Morgan fingerprint density at radius 3 is 2.84 bits per heavy atom. The van der Waals surface area contributed by atoms with Crippen molar-refractivity contribution in [1.29, 1.82) is 0 Å². The number of ether oxygens (including phenoxy) is 2. The first-order valence-corrected chi connectivity index (χ1v) is 10.4. The lowest BCUT2D eigenvalue weighted by atomic mass is 9.98. The van der Waals surface area contributed by atoms with Gasteiger partial charge in [-0.1, -0.05) is 18.2 Å². The predicted molar refractivity (Wildman–Crippen MR) is 113 cm³/mol. The number of likely N-dealkylation sites (tertiary alicyclic amines) is 1. The lowest BCUT2D eigenvalue weighted by molar-refractivity contribution is -0.151. The van der Waals surface area contributed by atoms with E-state index in [1.807, 2.05) is 18.2 Å². The molecule has 166 valence electrons. The first-order valence-electron chi connectivity index (χ1n) is 10.4. The molecule has 1 aromatic heterocycles. The van der Waals surface area contributed by atoms with Crippen molar-refractivity contribution >= 4 is 23.5 Å². The van der Waals surface area contributed by atoms with Gasteiger partial charge < -0.3 is 19.7 Å². The maximum Gasteiger partial charge on any atom is 0.310 e. The van der Waals surface area contributed by atoms with E-state index >= 15 is 0 Å². The van der Waals surface area contributed by atoms with E-state index in [-0.39, 0.29) is 36.7 Å². The summed E-state index contributed by atoms with van der Waals surface area (Å²) < 4.78 is 11.8.